The molecule has 122 valence electrons. The fourth-order valence-corrected chi connectivity index (χ4v) is 4.31. The summed E-state index contributed by atoms with van der Waals surface area (Å²) in [5.74, 6) is 0.825. The van der Waals surface area contributed by atoms with Crippen LogP contribution in [0.25, 0.3) is 0 Å². The molecule has 0 aliphatic carbocycles. The lowest BCUT2D eigenvalue weighted by Crippen LogP contribution is -2.36. The predicted octanol–water partition coefficient (Wildman–Crippen LogP) is 1.66. The maximum atomic E-state index is 11.6. The minimum Gasteiger partial charge on any atom is -0.450 e. The van der Waals surface area contributed by atoms with E-state index in [0.717, 1.165) is 5.69 Å². The second-order valence-corrected chi connectivity index (χ2v) is 7.32. The third kappa shape index (κ3) is 4.09. The number of nitrogens with one attached hydrogen (secondary N) is 1. The van der Waals surface area contributed by atoms with Crippen LogP contribution in [-0.4, -0.2) is 50.2 Å². The number of sulfone groups is 1. The summed E-state index contributed by atoms with van der Waals surface area (Å²) in [5.41, 5.74) is 0.846. The van der Waals surface area contributed by atoms with Crippen LogP contribution in [0.1, 0.15) is 20.3 Å². The molecule has 1 atom stereocenters. The van der Waals surface area contributed by atoms with Gasteiger partial charge in [-0.25, -0.2) is 18.2 Å². The number of rotatable bonds is 5. The molecule has 2 rings (SSSR count). The first-order chi connectivity index (χ1) is 10.4. The summed E-state index contributed by atoms with van der Waals surface area (Å²) in [7, 11) is -2.92. The summed E-state index contributed by atoms with van der Waals surface area (Å²) in [6.45, 7) is 4.71. The maximum Gasteiger partial charge on any atom is 0.412 e. The monoisotopic (exact) mass is 327 g/mol. The van der Waals surface area contributed by atoms with Crippen molar-refractivity contribution in [1.29, 1.82) is 0 Å². The van der Waals surface area contributed by atoms with E-state index in [4.69, 9.17) is 4.74 Å². The van der Waals surface area contributed by atoms with Crippen molar-refractivity contribution < 1.29 is 17.9 Å². The Bertz CT molecular complexity index is 615. The lowest BCUT2D eigenvalue weighted by molar-refractivity contribution is 0.168. The summed E-state index contributed by atoms with van der Waals surface area (Å²) in [5, 5.41) is 2.52. The van der Waals surface area contributed by atoms with Gasteiger partial charge < -0.3 is 9.64 Å². The fourth-order valence-electron chi connectivity index (χ4n) is 2.57. The Labute approximate surface area is 130 Å². The Balaban J connectivity index is 2.06. The van der Waals surface area contributed by atoms with E-state index in [1.165, 1.54) is 0 Å². The molecule has 1 saturated heterocycles. The van der Waals surface area contributed by atoms with Crippen LogP contribution in [0.15, 0.2) is 18.3 Å². The van der Waals surface area contributed by atoms with E-state index in [1.54, 1.807) is 19.2 Å². The minimum absolute atomic E-state index is 0.0133. The van der Waals surface area contributed by atoms with E-state index >= 15 is 0 Å². The molecular weight excluding hydrogens is 306 g/mol. The average molecular weight is 327 g/mol. The molecule has 1 amide bonds. The number of carbonyl (C=O) groups excluding carboxylic acids is 1. The number of amides is 1. The van der Waals surface area contributed by atoms with E-state index in [0.29, 0.717) is 25.4 Å². The van der Waals surface area contributed by atoms with Gasteiger partial charge in [0.05, 0.1) is 30.0 Å². The average Bonchev–Trinajstić information content (AvgIpc) is 2.82. The van der Waals surface area contributed by atoms with Crippen molar-refractivity contribution >= 4 is 27.4 Å². The summed E-state index contributed by atoms with van der Waals surface area (Å²) in [4.78, 5) is 17.5. The molecule has 2 heterocycles. The van der Waals surface area contributed by atoms with Gasteiger partial charge in [0.15, 0.2) is 9.84 Å². The number of aromatic nitrogens is 1. The fraction of sp³-hybridized carbons (Fsp3) is 0.571. The van der Waals surface area contributed by atoms with Gasteiger partial charge in [0.2, 0.25) is 0 Å². The van der Waals surface area contributed by atoms with Crippen LogP contribution >= 0.6 is 0 Å². The number of carbonyl (C=O) groups is 1. The zero-order valence-corrected chi connectivity index (χ0v) is 13.6. The minimum atomic E-state index is -2.92. The van der Waals surface area contributed by atoms with Crippen LogP contribution in [0, 0.1) is 0 Å². The maximum absolute atomic E-state index is 11.6. The molecule has 7 nitrogen and oxygen atoms in total. The van der Waals surface area contributed by atoms with Gasteiger partial charge in [-0.15, -0.1) is 0 Å². The standard InChI is InChI=1S/C14H21N3O4S/c1-3-17(12-7-8-22(19,20)10-12)11-5-6-13(15-9-11)16-14(18)21-4-2/h5-6,9,12H,3-4,7-8,10H2,1-2H3,(H,15,16,18). The molecule has 1 aromatic rings. The first-order valence-electron chi connectivity index (χ1n) is 7.32. The van der Waals surface area contributed by atoms with Crippen molar-refractivity contribution in [1.82, 2.24) is 4.98 Å². The zero-order chi connectivity index (χ0) is 16.2. The van der Waals surface area contributed by atoms with Gasteiger partial charge in [-0.1, -0.05) is 0 Å². The summed E-state index contributed by atoms with van der Waals surface area (Å²) in [6.07, 6.45) is 1.73. The highest BCUT2D eigenvalue weighted by atomic mass is 32.2. The molecule has 8 heteroatoms. The van der Waals surface area contributed by atoms with E-state index in [2.05, 4.69) is 10.3 Å². The third-order valence-corrected chi connectivity index (χ3v) is 5.33. The summed E-state index contributed by atoms with van der Waals surface area (Å²) < 4.78 is 28.0. The second-order valence-electron chi connectivity index (χ2n) is 5.09. The Morgan fingerprint density at radius 3 is 2.73 bits per heavy atom. The van der Waals surface area contributed by atoms with Gasteiger partial charge >= 0.3 is 6.09 Å². The molecule has 0 spiro atoms. The Kier molecular flexibility index (Phi) is 5.23. The van der Waals surface area contributed by atoms with Crippen LogP contribution in [0.5, 0.6) is 0 Å². The van der Waals surface area contributed by atoms with E-state index in [-0.39, 0.29) is 17.5 Å². The van der Waals surface area contributed by atoms with E-state index in [1.807, 2.05) is 17.9 Å². The van der Waals surface area contributed by atoms with Crippen LogP contribution in [0.3, 0.4) is 0 Å². The smallest absolute Gasteiger partial charge is 0.412 e. The molecule has 0 bridgehead atoms. The number of pyridine rings is 1. The van der Waals surface area contributed by atoms with Crippen molar-refractivity contribution in [3.8, 4) is 0 Å². The predicted molar refractivity (Wildman–Crippen MR) is 85.0 cm³/mol. The van der Waals surface area contributed by atoms with Crippen molar-refractivity contribution in [2.24, 2.45) is 0 Å². The van der Waals surface area contributed by atoms with Crippen molar-refractivity contribution in [2.75, 3.05) is 34.9 Å². The van der Waals surface area contributed by atoms with Gasteiger partial charge in [-0.05, 0) is 32.4 Å². The lowest BCUT2D eigenvalue weighted by atomic mass is 10.2. The number of hydrogen-bond acceptors (Lipinski definition) is 6. The van der Waals surface area contributed by atoms with Gasteiger partial charge in [-0.2, -0.15) is 0 Å². The number of nitrogens with zero attached hydrogens (tertiary/aromatic N) is 2. The van der Waals surface area contributed by atoms with Crippen molar-refractivity contribution in [3.05, 3.63) is 18.3 Å². The molecule has 0 saturated carbocycles. The Hall–Kier alpha value is -1.83. The molecule has 1 aromatic heterocycles. The van der Waals surface area contributed by atoms with Gasteiger partial charge in [0.1, 0.15) is 5.82 Å². The Morgan fingerprint density at radius 2 is 2.23 bits per heavy atom. The topological polar surface area (TPSA) is 88.6 Å². The second kappa shape index (κ2) is 6.95. The van der Waals surface area contributed by atoms with Gasteiger partial charge in [0.25, 0.3) is 0 Å². The van der Waals surface area contributed by atoms with E-state index < -0.39 is 15.9 Å². The lowest BCUT2D eigenvalue weighted by Gasteiger charge is -2.28. The first kappa shape index (κ1) is 16.5. The SMILES string of the molecule is CCOC(=O)Nc1ccc(N(CC)C2CCS(=O)(=O)C2)cn1. The molecule has 22 heavy (non-hydrogen) atoms. The molecule has 1 unspecified atom stereocenters. The number of hydrogen-bond donors (Lipinski definition) is 1. The molecular formula is C14H21N3O4S. The normalized spacial score (nSPS) is 19.6. The van der Waals surface area contributed by atoms with Crippen LogP contribution in [0.2, 0.25) is 0 Å². The molecule has 1 fully saturated rings. The first-order valence-corrected chi connectivity index (χ1v) is 9.14. The molecule has 1 N–H and O–H groups in total. The highest BCUT2D eigenvalue weighted by molar-refractivity contribution is 7.91. The van der Waals surface area contributed by atoms with Crippen LogP contribution in [-0.2, 0) is 14.6 Å². The van der Waals surface area contributed by atoms with Crippen LogP contribution < -0.4 is 10.2 Å². The largest absolute Gasteiger partial charge is 0.450 e. The highest BCUT2D eigenvalue weighted by Crippen LogP contribution is 2.24. The third-order valence-electron chi connectivity index (χ3n) is 3.57. The summed E-state index contributed by atoms with van der Waals surface area (Å²) in [6, 6.07) is 3.49. The van der Waals surface area contributed by atoms with Gasteiger partial charge in [0, 0.05) is 12.6 Å². The highest BCUT2D eigenvalue weighted by Gasteiger charge is 2.31. The molecule has 0 aromatic carbocycles. The number of ether oxygens (including phenoxy) is 1. The molecule has 1 aliphatic heterocycles. The van der Waals surface area contributed by atoms with E-state index in [9.17, 15) is 13.2 Å². The van der Waals surface area contributed by atoms with Crippen LogP contribution in [0.4, 0.5) is 16.3 Å². The zero-order valence-electron chi connectivity index (χ0n) is 12.8. The molecule has 0 radical (unpaired) electrons. The Morgan fingerprint density at radius 1 is 1.45 bits per heavy atom. The van der Waals surface area contributed by atoms with Crippen molar-refractivity contribution in [3.63, 3.8) is 0 Å². The number of anilines is 2. The molecule has 1 aliphatic rings. The quantitative estimate of drug-likeness (QED) is 0.885. The van der Waals surface area contributed by atoms with Gasteiger partial charge in [-0.3, -0.25) is 5.32 Å². The van der Waals surface area contributed by atoms with Crippen molar-refractivity contribution in [2.45, 2.75) is 26.3 Å². The summed E-state index contributed by atoms with van der Waals surface area (Å²) >= 11 is 0.